The lowest BCUT2D eigenvalue weighted by atomic mass is 9.67. The van der Waals surface area contributed by atoms with Crippen LogP contribution in [0.5, 0.6) is 0 Å². The lowest BCUT2D eigenvalue weighted by molar-refractivity contribution is 0.769. The average Bonchev–Trinajstić information content (AvgIpc) is 3.65. The predicted octanol–water partition coefficient (Wildman–Crippen LogP) is 15.0. The van der Waals surface area contributed by atoms with Gasteiger partial charge in [-0.3, -0.25) is 0 Å². The quantitative estimate of drug-likeness (QED) is 0.157. The maximum absolute atomic E-state index is 5.34. The summed E-state index contributed by atoms with van der Waals surface area (Å²) in [6, 6.07) is 83.6. The van der Waals surface area contributed by atoms with Crippen molar-refractivity contribution in [1.29, 1.82) is 0 Å². The highest BCUT2D eigenvalue weighted by atomic mass is 14.9. The van der Waals surface area contributed by atoms with Crippen molar-refractivity contribution in [3.63, 3.8) is 0 Å². The Morgan fingerprint density at radius 2 is 0.754 bits per heavy atom. The van der Waals surface area contributed by atoms with Crippen LogP contribution in [0.15, 0.2) is 231 Å². The third-order valence-electron chi connectivity index (χ3n) is 12.8. The summed E-state index contributed by atoms with van der Waals surface area (Å²) >= 11 is 0. The van der Waals surface area contributed by atoms with Crippen LogP contribution in [0.2, 0.25) is 0 Å². The largest absolute Gasteiger partial charge is 0.228 e. The highest BCUT2D eigenvalue weighted by Crippen LogP contribution is 2.57. The topological polar surface area (TPSA) is 25.8 Å². The van der Waals surface area contributed by atoms with Crippen LogP contribution >= 0.6 is 0 Å². The van der Waals surface area contributed by atoms with Gasteiger partial charge in [0.1, 0.15) is 0 Å². The van der Waals surface area contributed by atoms with Gasteiger partial charge in [-0.15, -0.1) is 0 Å². The fraction of sp³-hybridized carbons (Fsp3) is 0.0169. The Kier molecular flexibility index (Phi) is 8.11. The van der Waals surface area contributed by atoms with E-state index < -0.39 is 5.41 Å². The molecule has 0 bridgehead atoms. The number of rotatable bonds is 6. The molecule has 10 aromatic carbocycles. The highest BCUT2D eigenvalue weighted by Gasteiger charge is 2.46. The molecule has 284 valence electrons. The molecule has 0 radical (unpaired) electrons. The van der Waals surface area contributed by atoms with Crippen molar-refractivity contribution in [2.75, 3.05) is 0 Å². The molecule has 1 aliphatic carbocycles. The summed E-state index contributed by atoms with van der Waals surface area (Å²) in [6.45, 7) is 0. The maximum Gasteiger partial charge on any atom is 0.161 e. The van der Waals surface area contributed by atoms with Gasteiger partial charge in [0, 0.05) is 22.1 Å². The average molecular weight is 775 g/mol. The van der Waals surface area contributed by atoms with E-state index in [1.165, 1.54) is 65.9 Å². The summed E-state index contributed by atoms with van der Waals surface area (Å²) in [6.07, 6.45) is 0. The Morgan fingerprint density at radius 1 is 0.279 bits per heavy atom. The van der Waals surface area contributed by atoms with Crippen LogP contribution in [-0.4, -0.2) is 9.97 Å². The number of aromatic nitrogens is 2. The fourth-order valence-electron chi connectivity index (χ4n) is 10.1. The molecule has 0 aliphatic heterocycles. The van der Waals surface area contributed by atoms with Crippen molar-refractivity contribution in [2.24, 2.45) is 0 Å². The second kappa shape index (κ2) is 14.1. The lowest BCUT2D eigenvalue weighted by Gasteiger charge is -2.34. The van der Waals surface area contributed by atoms with Gasteiger partial charge in [-0.05, 0) is 89.6 Å². The van der Waals surface area contributed by atoms with Gasteiger partial charge in [-0.2, -0.15) is 0 Å². The summed E-state index contributed by atoms with van der Waals surface area (Å²) in [5, 5.41) is 7.17. The number of nitrogens with zero attached hydrogens (tertiary/aromatic N) is 2. The molecule has 1 aromatic heterocycles. The Labute approximate surface area is 355 Å². The molecular formula is C59H38N2. The van der Waals surface area contributed by atoms with Gasteiger partial charge < -0.3 is 0 Å². The Morgan fingerprint density at radius 3 is 1.41 bits per heavy atom. The van der Waals surface area contributed by atoms with Gasteiger partial charge in [0.2, 0.25) is 0 Å². The van der Waals surface area contributed by atoms with E-state index in [9.17, 15) is 0 Å². The summed E-state index contributed by atoms with van der Waals surface area (Å²) in [5.74, 6) is 0.707. The molecule has 12 rings (SSSR count). The van der Waals surface area contributed by atoms with Gasteiger partial charge in [0.15, 0.2) is 5.82 Å². The molecule has 0 saturated carbocycles. The van der Waals surface area contributed by atoms with Crippen molar-refractivity contribution >= 4 is 32.3 Å². The Hall–Kier alpha value is -7.94. The number of hydrogen-bond donors (Lipinski definition) is 0. The molecule has 61 heavy (non-hydrogen) atoms. The van der Waals surface area contributed by atoms with Crippen LogP contribution in [0.3, 0.4) is 0 Å². The van der Waals surface area contributed by atoms with E-state index >= 15 is 0 Å². The third-order valence-corrected chi connectivity index (χ3v) is 12.8. The number of hydrogen-bond acceptors (Lipinski definition) is 2. The van der Waals surface area contributed by atoms with Crippen molar-refractivity contribution < 1.29 is 0 Å². The minimum Gasteiger partial charge on any atom is -0.228 e. The number of benzene rings is 10. The van der Waals surface area contributed by atoms with Gasteiger partial charge in [-0.1, -0.05) is 212 Å². The van der Waals surface area contributed by atoms with Gasteiger partial charge in [0.25, 0.3) is 0 Å². The van der Waals surface area contributed by atoms with E-state index in [-0.39, 0.29) is 0 Å². The molecule has 0 unspecified atom stereocenters. The molecule has 0 atom stereocenters. The minimum absolute atomic E-state index is 0.477. The third kappa shape index (κ3) is 5.50. The summed E-state index contributed by atoms with van der Waals surface area (Å²) in [4.78, 5) is 10.7. The normalized spacial score (nSPS) is 12.7. The highest BCUT2D eigenvalue weighted by molar-refractivity contribution is 6.28. The molecule has 0 fully saturated rings. The first-order valence-electron chi connectivity index (χ1n) is 21.0. The molecule has 0 N–H and O–H groups in total. The zero-order valence-corrected chi connectivity index (χ0v) is 33.3. The van der Waals surface area contributed by atoms with Crippen LogP contribution in [0.25, 0.3) is 88.5 Å². The first-order valence-corrected chi connectivity index (χ1v) is 21.0. The number of fused-ring (bicyclic) bond motifs is 9. The van der Waals surface area contributed by atoms with E-state index in [0.29, 0.717) is 5.82 Å². The molecule has 0 spiro atoms. The molecule has 11 aromatic rings. The van der Waals surface area contributed by atoms with Crippen LogP contribution in [0, 0.1) is 0 Å². The second-order valence-electron chi connectivity index (χ2n) is 16.0. The van der Waals surface area contributed by atoms with E-state index in [4.69, 9.17) is 9.97 Å². The minimum atomic E-state index is -0.477. The first kappa shape index (κ1) is 35.0. The Balaban J connectivity index is 1.12. The standard InChI is InChI=1S/C59H38N2/c1-5-18-39(19-6-1)55-38-56(40-20-7-2-8-21-40)61-58(60-55)51-30-17-29-50-46-27-14-13-26-45(46)47-34-32-41(36-52(47)57(50)51)42-33-35-49-48-28-15-16-31-53(48)59(54(49)37-42,43-22-9-3-10-23-43)44-24-11-4-12-25-44/h1-38H. The molecule has 0 amide bonds. The second-order valence-corrected chi connectivity index (χ2v) is 16.0. The van der Waals surface area contributed by atoms with E-state index in [1.54, 1.807) is 0 Å². The molecule has 2 nitrogen and oxygen atoms in total. The van der Waals surface area contributed by atoms with Crippen LogP contribution in [0.1, 0.15) is 22.3 Å². The summed E-state index contributed by atoms with van der Waals surface area (Å²) < 4.78 is 0. The smallest absolute Gasteiger partial charge is 0.161 e. The molecule has 2 heteroatoms. The van der Waals surface area contributed by atoms with Gasteiger partial charge >= 0.3 is 0 Å². The van der Waals surface area contributed by atoms with Crippen LogP contribution in [-0.2, 0) is 5.41 Å². The van der Waals surface area contributed by atoms with Gasteiger partial charge in [0.05, 0.1) is 16.8 Å². The zero-order valence-electron chi connectivity index (χ0n) is 33.3. The molecular weight excluding hydrogens is 737 g/mol. The Bertz CT molecular complexity index is 3350. The fourth-order valence-corrected chi connectivity index (χ4v) is 10.1. The molecule has 1 aliphatic rings. The van der Waals surface area contributed by atoms with Crippen molar-refractivity contribution in [1.82, 2.24) is 9.97 Å². The molecule has 1 heterocycles. The van der Waals surface area contributed by atoms with Crippen molar-refractivity contribution in [3.8, 4) is 56.2 Å². The van der Waals surface area contributed by atoms with Crippen molar-refractivity contribution in [2.45, 2.75) is 5.41 Å². The van der Waals surface area contributed by atoms with Gasteiger partial charge in [-0.25, -0.2) is 9.97 Å². The zero-order chi connectivity index (χ0) is 40.3. The van der Waals surface area contributed by atoms with E-state index in [0.717, 1.165) is 39.0 Å². The molecule has 0 saturated heterocycles. The summed E-state index contributed by atoms with van der Waals surface area (Å²) in [5.41, 5.74) is 14.5. The predicted molar refractivity (Wildman–Crippen MR) is 254 cm³/mol. The van der Waals surface area contributed by atoms with Crippen molar-refractivity contribution in [3.05, 3.63) is 253 Å². The summed E-state index contributed by atoms with van der Waals surface area (Å²) in [7, 11) is 0. The van der Waals surface area contributed by atoms with Crippen LogP contribution < -0.4 is 0 Å². The van der Waals surface area contributed by atoms with E-state index in [1.807, 2.05) is 12.1 Å². The first-order chi connectivity index (χ1) is 30.3. The monoisotopic (exact) mass is 774 g/mol. The maximum atomic E-state index is 5.34. The van der Waals surface area contributed by atoms with Crippen LogP contribution in [0.4, 0.5) is 0 Å². The SMILES string of the molecule is c1ccc(-c2cc(-c3ccccc3)nc(-c3cccc4c5ccccc5c5ccc(-c6ccc7c(c6)C(c6ccccc6)(c6ccccc6)c6ccccc6-7)cc5c34)n2)cc1. The lowest BCUT2D eigenvalue weighted by Crippen LogP contribution is -2.28. The van der Waals surface area contributed by atoms with E-state index in [2.05, 4.69) is 218 Å².